The van der Waals surface area contributed by atoms with E-state index in [1.165, 1.54) is 21.0 Å². The Hall–Kier alpha value is -1.41. The van der Waals surface area contributed by atoms with Crippen molar-refractivity contribution in [1.82, 2.24) is 4.98 Å². The van der Waals surface area contributed by atoms with Crippen molar-refractivity contribution in [3.05, 3.63) is 40.9 Å². The average molecular weight is 213 g/mol. The lowest BCUT2D eigenvalue weighted by atomic mass is 10.1. The van der Waals surface area contributed by atoms with E-state index in [9.17, 15) is 0 Å². The minimum absolute atomic E-state index is 1.12. The fraction of sp³-hybridized carbons (Fsp3) is 0.154. The van der Waals surface area contributed by atoms with Gasteiger partial charge in [0.25, 0.3) is 0 Å². The minimum Gasteiger partial charge on any atom is -0.241 e. The second kappa shape index (κ2) is 3.04. The summed E-state index contributed by atoms with van der Waals surface area (Å²) in [5, 5.41) is 3.77. The maximum Gasteiger partial charge on any atom is 0.0907 e. The standard InChI is InChI=1S/C13H11NS/c1-8-3-5-11-10(7-8)4-6-12-13(11)15-9(2)14-12/h3-7H,1-2H3. The quantitative estimate of drug-likeness (QED) is 0.548. The number of nitrogens with zero attached hydrogens (tertiary/aromatic N) is 1. The fourth-order valence-electron chi connectivity index (χ4n) is 1.94. The molecule has 0 N–H and O–H groups in total. The van der Waals surface area contributed by atoms with Gasteiger partial charge in [-0.3, -0.25) is 0 Å². The number of hydrogen-bond acceptors (Lipinski definition) is 2. The molecule has 0 radical (unpaired) electrons. The summed E-state index contributed by atoms with van der Waals surface area (Å²) >= 11 is 1.78. The summed E-state index contributed by atoms with van der Waals surface area (Å²) in [6.07, 6.45) is 0. The van der Waals surface area contributed by atoms with Gasteiger partial charge >= 0.3 is 0 Å². The summed E-state index contributed by atoms with van der Waals surface area (Å²) < 4.78 is 1.31. The second-order valence-corrected chi connectivity index (χ2v) is 5.07. The summed E-state index contributed by atoms with van der Waals surface area (Å²) in [5.41, 5.74) is 2.43. The largest absolute Gasteiger partial charge is 0.241 e. The van der Waals surface area contributed by atoms with Gasteiger partial charge in [-0.25, -0.2) is 4.98 Å². The van der Waals surface area contributed by atoms with Gasteiger partial charge in [-0.05, 0) is 25.3 Å². The highest BCUT2D eigenvalue weighted by molar-refractivity contribution is 7.19. The van der Waals surface area contributed by atoms with Crippen LogP contribution in [-0.2, 0) is 0 Å². The van der Waals surface area contributed by atoms with Crippen LogP contribution in [0.5, 0.6) is 0 Å². The van der Waals surface area contributed by atoms with Crippen LogP contribution >= 0.6 is 11.3 Å². The lowest BCUT2D eigenvalue weighted by Gasteiger charge is -1.99. The molecule has 1 nitrogen and oxygen atoms in total. The first-order valence-electron chi connectivity index (χ1n) is 5.00. The highest BCUT2D eigenvalue weighted by Crippen LogP contribution is 2.30. The average Bonchev–Trinajstić information content (AvgIpc) is 2.58. The van der Waals surface area contributed by atoms with Gasteiger partial charge in [0, 0.05) is 5.39 Å². The normalized spacial score (nSPS) is 11.3. The lowest BCUT2D eigenvalue weighted by molar-refractivity contribution is 1.35. The molecule has 0 bridgehead atoms. The molecule has 0 spiro atoms. The minimum atomic E-state index is 1.12. The molecule has 0 fully saturated rings. The van der Waals surface area contributed by atoms with Gasteiger partial charge < -0.3 is 0 Å². The highest BCUT2D eigenvalue weighted by atomic mass is 32.1. The first-order chi connectivity index (χ1) is 7.24. The van der Waals surface area contributed by atoms with Crippen molar-refractivity contribution in [3.8, 4) is 0 Å². The summed E-state index contributed by atoms with van der Waals surface area (Å²) in [5.74, 6) is 0. The molecule has 0 saturated carbocycles. The van der Waals surface area contributed by atoms with Gasteiger partial charge in [0.05, 0.1) is 15.2 Å². The summed E-state index contributed by atoms with van der Waals surface area (Å²) in [4.78, 5) is 4.50. The first-order valence-corrected chi connectivity index (χ1v) is 5.82. The molecule has 3 rings (SSSR count). The molecule has 0 aliphatic carbocycles. The molecule has 1 heterocycles. The predicted octanol–water partition coefficient (Wildman–Crippen LogP) is 4.07. The molecule has 15 heavy (non-hydrogen) atoms. The van der Waals surface area contributed by atoms with Crippen LogP contribution in [0.2, 0.25) is 0 Å². The third kappa shape index (κ3) is 1.33. The summed E-state index contributed by atoms with van der Waals surface area (Å²) in [7, 11) is 0. The zero-order chi connectivity index (χ0) is 10.4. The van der Waals surface area contributed by atoms with Crippen LogP contribution in [0.25, 0.3) is 21.0 Å². The molecule has 0 saturated heterocycles. The SMILES string of the molecule is Cc1ccc2c(ccc3nc(C)sc32)c1. The van der Waals surface area contributed by atoms with Crippen LogP contribution in [0.4, 0.5) is 0 Å². The summed E-state index contributed by atoms with van der Waals surface area (Å²) in [6, 6.07) is 10.9. The van der Waals surface area contributed by atoms with Crippen molar-refractivity contribution < 1.29 is 0 Å². The number of aryl methyl sites for hydroxylation is 2. The highest BCUT2D eigenvalue weighted by Gasteiger charge is 2.04. The van der Waals surface area contributed by atoms with Gasteiger partial charge in [-0.2, -0.15) is 0 Å². The van der Waals surface area contributed by atoms with Gasteiger partial charge in [0.2, 0.25) is 0 Å². The molecule has 0 aliphatic rings. The van der Waals surface area contributed by atoms with Crippen molar-refractivity contribution in [2.45, 2.75) is 13.8 Å². The Morgan fingerprint density at radius 3 is 2.80 bits per heavy atom. The zero-order valence-corrected chi connectivity index (χ0v) is 9.56. The number of rotatable bonds is 0. The molecule has 2 heteroatoms. The maximum atomic E-state index is 4.50. The van der Waals surface area contributed by atoms with E-state index in [0.717, 1.165) is 10.5 Å². The van der Waals surface area contributed by atoms with Crippen molar-refractivity contribution in [1.29, 1.82) is 0 Å². The first kappa shape index (κ1) is 8.86. The Morgan fingerprint density at radius 2 is 1.93 bits per heavy atom. The number of fused-ring (bicyclic) bond motifs is 3. The van der Waals surface area contributed by atoms with E-state index in [2.05, 4.69) is 49.2 Å². The van der Waals surface area contributed by atoms with Crippen LogP contribution in [-0.4, -0.2) is 4.98 Å². The van der Waals surface area contributed by atoms with Crippen molar-refractivity contribution >= 4 is 32.3 Å². The van der Waals surface area contributed by atoms with E-state index >= 15 is 0 Å². The van der Waals surface area contributed by atoms with Crippen molar-refractivity contribution in [2.75, 3.05) is 0 Å². The zero-order valence-electron chi connectivity index (χ0n) is 8.74. The van der Waals surface area contributed by atoms with Crippen LogP contribution in [0.1, 0.15) is 10.6 Å². The fourth-order valence-corrected chi connectivity index (χ4v) is 2.90. The molecule has 0 aliphatic heterocycles. The smallest absolute Gasteiger partial charge is 0.0907 e. The Kier molecular flexibility index (Phi) is 1.80. The van der Waals surface area contributed by atoms with E-state index < -0.39 is 0 Å². The summed E-state index contributed by atoms with van der Waals surface area (Å²) in [6.45, 7) is 4.19. The predicted molar refractivity (Wildman–Crippen MR) is 66.6 cm³/mol. The molecular formula is C13H11NS. The molecule has 2 aromatic carbocycles. The van der Waals surface area contributed by atoms with E-state index in [1.54, 1.807) is 11.3 Å². The Morgan fingerprint density at radius 1 is 1.07 bits per heavy atom. The molecule has 0 atom stereocenters. The van der Waals surface area contributed by atoms with Crippen molar-refractivity contribution in [2.24, 2.45) is 0 Å². The van der Waals surface area contributed by atoms with Gasteiger partial charge in [-0.15, -0.1) is 11.3 Å². The molecule has 3 aromatic rings. The Bertz CT molecular complexity index is 652. The van der Waals surface area contributed by atoms with E-state index in [-0.39, 0.29) is 0 Å². The number of benzene rings is 2. The maximum absolute atomic E-state index is 4.50. The van der Waals surface area contributed by atoms with E-state index in [0.29, 0.717) is 0 Å². The van der Waals surface area contributed by atoms with Crippen LogP contribution in [0.15, 0.2) is 30.3 Å². The van der Waals surface area contributed by atoms with Crippen LogP contribution in [0, 0.1) is 13.8 Å². The monoisotopic (exact) mass is 213 g/mol. The Labute approximate surface area is 92.4 Å². The van der Waals surface area contributed by atoms with Gasteiger partial charge in [0.15, 0.2) is 0 Å². The number of aromatic nitrogens is 1. The van der Waals surface area contributed by atoms with E-state index in [1.807, 2.05) is 0 Å². The molecule has 0 amide bonds. The number of hydrogen-bond donors (Lipinski definition) is 0. The Balaban J connectivity index is 2.53. The van der Waals surface area contributed by atoms with Crippen LogP contribution < -0.4 is 0 Å². The topological polar surface area (TPSA) is 12.9 Å². The second-order valence-electron chi connectivity index (χ2n) is 3.87. The third-order valence-electron chi connectivity index (χ3n) is 2.63. The third-order valence-corrected chi connectivity index (χ3v) is 3.65. The van der Waals surface area contributed by atoms with Gasteiger partial charge in [-0.1, -0.05) is 29.8 Å². The lowest BCUT2D eigenvalue weighted by Crippen LogP contribution is -1.76. The van der Waals surface area contributed by atoms with Gasteiger partial charge in [0.1, 0.15) is 0 Å². The van der Waals surface area contributed by atoms with Crippen molar-refractivity contribution in [3.63, 3.8) is 0 Å². The molecule has 0 unspecified atom stereocenters. The number of thiazole rings is 1. The van der Waals surface area contributed by atoms with Crippen LogP contribution in [0.3, 0.4) is 0 Å². The van der Waals surface area contributed by atoms with E-state index in [4.69, 9.17) is 0 Å². The molecule has 1 aromatic heterocycles. The molecule has 74 valence electrons. The molecular weight excluding hydrogens is 202 g/mol.